The first-order valence-corrected chi connectivity index (χ1v) is 8.50. The van der Waals surface area contributed by atoms with Gasteiger partial charge in [0.15, 0.2) is 0 Å². The Bertz CT molecular complexity index is 590. The van der Waals surface area contributed by atoms with E-state index in [0.29, 0.717) is 0 Å². The fourth-order valence-electron chi connectivity index (χ4n) is 1.76. The van der Waals surface area contributed by atoms with Crippen molar-refractivity contribution in [2.45, 2.75) is 44.2 Å². The summed E-state index contributed by atoms with van der Waals surface area (Å²) in [5.74, 6) is -0.660. The lowest BCUT2D eigenvalue weighted by Crippen LogP contribution is -2.42. The van der Waals surface area contributed by atoms with Crippen LogP contribution in [0, 0.1) is 0 Å². The van der Waals surface area contributed by atoms with Crippen molar-refractivity contribution in [1.29, 1.82) is 0 Å². The van der Waals surface area contributed by atoms with E-state index in [0.717, 1.165) is 25.3 Å². The van der Waals surface area contributed by atoms with Gasteiger partial charge in [-0.15, -0.1) is 4.72 Å². The van der Waals surface area contributed by atoms with Gasteiger partial charge >= 0.3 is 12.1 Å². The summed E-state index contributed by atoms with van der Waals surface area (Å²) in [5, 5.41) is 0.0373. The average Bonchev–Trinajstić information content (AvgIpc) is 2.44. The van der Waals surface area contributed by atoms with Crippen LogP contribution in [0.15, 0.2) is 18.2 Å². The molecule has 0 aromatic heterocycles. The minimum Gasteiger partial charge on any atom is -0.598 e. The van der Waals surface area contributed by atoms with Gasteiger partial charge in [-0.25, -0.2) is 0 Å². The van der Waals surface area contributed by atoms with Crippen molar-refractivity contribution in [2.24, 2.45) is 0 Å². The number of ether oxygens (including phenoxy) is 1. The number of halogens is 4. The molecule has 0 aliphatic rings. The Hall–Kier alpha value is -0.960. The quantitative estimate of drug-likeness (QED) is 0.614. The minimum atomic E-state index is -4.56. The van der Waals surface area contributed by atoms with Crippen molar-refractivity contribution in [2.75, 3.05) is 7.11 Å². The lowest BCUT2D eigenvalue weighted by Gasteiger charge is -2.28. The van der Waals surface area contributed by atoms with E-state index in [1.54, 1.807) is 20.8 Å². The second-order valence-electron chi connectivity index (χ2n) is 6.07. The molecule has 0 aliphatic heterocycles. The third kappa shape index (κ3) is 5.84. The number of alkyl halides is 3. The normalized spacial score (nSPS) is 15.0. The molecule has 1 N–H and O–H groups in total. The number of hydrogen-bond donors (Lipinski definition) is 1. The van der Waals surface area contributed by atoms with Crippen LogP contribution < -0.4 is 4.72 Å². The molecule has 2 atom stereocenters. The molecule has 4 nitrogen and oxygen atoms in total. The molecule has 1 aromatic carbocycles. The van der Waals surface area contributed by atoms with Crippen LogP contribution >= 0.6 is 11.6 Å². The monoisotopic (exact) mass is 385 g/mol. The molecule has 0 saturated heterocycles. The van der Waals surface area contributed by atoms with Crippen molar-refractivity contribution in [3.05, 3.63) is 34.3 Å². The van der Waals surface area contributed by atoms with Gasteiger partial charge in [-0.3, -0.25) is 4.79 Å². The van der Waals surface area contributed by atoms with Crippen molar-refractivity contribution in [3.8, 4) is 0 Å². The average molecular weight is 386 g/mol. The number of benzene rings is 1. The summed E-state index contributed by atoms with van der Waals surface area (Å²) in [4.78, 5) is 11.6. The summed E-state index contributed by atoms with van der Waals surface area (Å²) < 4.78 is 57.6. The van der Waals surface area contributed by atoms with E-state index in [1.807, 2.05) is 0 Å². The van der Waals surface area contributed by atoms with Gasteiger partial charge in [-0.2, -0.15) is 13.2 Å². The molecule has 24 heavy (non-hydrogen) atoms. The molecular formula is C15H19ClF3NO3S. The van der Waals surface area contributed by atoms with Crippen LogP contribution in [-0.4, -0.2) is 22.4 Å². The zero-order chi connectivity index (χ0) is 18.7. The van der Waals surface area contributed by atoms with Crippen LogP contribution in [0.5, 0.6) is 0 Å². The maximum Gasteiger partial charge on any atom is 0.416 e. The summed E-state index contributed by atoms with van der Waals surface area (Å²) >= 11 is 4.39. The fourth-order valence-corrected chi connectivity index (χ4v) is 2.83. The van der Waals surface area contributed by atoms with Crippen LogP contribution in [0.25, 0.3) is 0 Å². The molecule has 0 aliphatic carbocycles. The van der Waals surface area contributed by atoms with E-state index in [1.165, 1.54) is 0 Å². The topological polar surface area (TPSA) is 61.4 Å². The van der Waals surface area contributed by atoms with Gasteiger partial charge in [0.25, 0.3) is 0 Å². The van der Waals surface area contributed by atoms with E-state index in [9.17, 15) is 22.5 Å². The maximum atomic E-state index is 12.9. The molecule has 9 heteroatoms. The van der Waals surface area contributed by atoms with Gasteiger partial charge in [0, 0.05) is 16.4 Å². The summed E-state index contributed by atoms with van der Waals surface area (Å²) in [6, 6.07) is 1.82. The number of esters is 1. The Kier molecular flexibility index (Phi) is 6.98. The molecule has 0 spiro atoms. The number of nitrogens with one attached hydrogen (secondary N) is 1. The highest BCUT2D eigenvalue weighted by Gasteiger charge is 2.35. The van der Waals surface area contributed by atoms with Crippen LogP contribution in [-0.2, 0) is 27.1 Å². The predicted octanol–water partition coefficient (Wildman–Crippen LogP) is 4.01. The number of carbonyl (C=O) groups is 1. The second kappa shape index (κ2) is 7.95. The molecule has 1 aromatic rings. The Balaban J connectivity index is 3.25. The first-order valence-electron chi connectivity index (χ1n) is 6.97. The van der Waals surface area contributed by atoms with Crippen LogP contribution in [0.1, 0.15) is 44.4 Å². The highest BCUT2D eigenvalue weighted by molar-refractivity contribution is 7.90. The summed E-state index contributed by atoms with van der Waals surface area (Å²) in [7, 11) is 1.16. The van der Waals surface area contributed by atoms with Gasteiger partial charge in [-0.05, 0) is 44.5 Å². The van der Waals surface area contributed by atoms with Gasteiger partial charge in [0.2, 0.25) is 0 Å². The SMILES string of the molecule is COC(=O)C[C@H](N[S+]([O-])C(C)(C)C)c1cc(C(F)(F)F)ccc1Cl. The van der Waals surface area contributed by atoms with Gasteiger partial charge in [0.1, 0.15) is 4.75 Å². The van der Waals surface area contributed by atoms with Crippen LogP contribution in [0.4, 0.5) is 13.2 Å². The minimum absolute atomic E-state index is 0.0366. The molecule has 1 unspecified atom stereocenters. The van der Waals surface area contributed by atoms with E-state index >= 15 is 0 Å². The third-order valence-electron chi connectivity index (χ3n) is 3.10. The Morgan fingerprint density at radius 2 is 1.96 bits per heavy atom. The first-order chi connectivity index (χ1) is 10.9. The maximum absolute atomic E-state index is 12.9. The third-order valence-corrected chi connectivity index (χ3v) is 5.06. The summed E-state index contributed by atoms with van der Waals surface area (Å²) in [5.41, 5.74) is -0.866. The first kappa shape index (κ1) is 21.1. The Morgan fingerprint density at radius 1 is 1.38 bits per heavy atom. The zero-order valence-corrected chi connectivity index (χ0v) is 15.2. The predicted molar refractivity (Wildman–Crippen MR) is 86.9 cm³/mol. The number of methoxy groups -OCH3 is 1. The van der Waals surface area contributed by atoms with Crippen molar-refractivity contribution < 1.29 is 27.3 Å². The second-order valence-corrected chi connectivity index (χ2v) is 8.47. The van der Waals surface area contributed by atoms with E-state index in [4.69, 9.17) is 11.6 Å². The standard InChI is InChI=1S/C15H19ClF3NO3S/c1-14(2,3)24(22)20-12(8-13(21)23-4)10-7-9(15(17,18)19)5-6-11(10)16/h5-7,12,20H,8H2,1-4H3/t12-,24?/m0/s1. The van der Waals surface area contributed by atoms with Gasteiger partial charge in [0.05, 0.1) is 25.1 Å². The Labute approximate surface area is 147 Å². The lowest BCUT2D eigenvalue weighted by molar-refractivity contribution is -0.141. The molecule has 0 amide bonds. The molecule has 0 radical (unpaired) electrons. The molecular weight excluding hydrogens is 367 g/mol. The van der Waals surface area contributed by atoms with Crippen molar-refractivity contribution >= 4 is 28.9 Å². The molecule has 1 rings (SSSR count). The highest BCUT2D eigenvalue weighted by atomic mass is 35.5. The number of carbonyl (C=O) groups excluding carboxylic acids is 1. The largest absolute Gasteiger partial charge is 0.598 e. The lowest BCUT2D eigenvalue weighted by atomic mass is 10.0. The molecule has 0 bridgehead atoms. The van der Waals surface area contributed by atoms with E-state index < -0.39 is 39.9 Å². The van der Waals surface area contributed by atoms with Gasteiger partial charge < -0.3 is 9.29 Å². The molecule has 0 heterocycles. The molecule has 136 valence electrons. The molecule has 0 fully saturated rings. The Morgan fingerprint density at radius 3 is 2.42 bits per heavy atom. The highest BCUT2D eigenvalue weighted by Crippen LogP contribution is 2.35. The van der Waals surface area contributed by atoms with Crippen LogP contribution in [0.2, 0.25) is 5.02 Å². The molecule has 0 saturated carbocycles. The number of rotatable bonds is 5. The zero-order valence-electron chi connectivity index (χ0n) is 13.7. The summed E-state index contributed by atoms with van der Waals surface area (Å²) in [6.07, 6.45) is -4.86. The van der Waals surface area contributed by atoms with Crippen molar-refractivity contribution in [1.82, 2.24) is 4.72 Å². The number of hydrogen-bond acceptors (Lipinski definition) is 4. The smallest absolute Gasteiger partial charge is 0.416 e. The van der Waals surface area contributed by atoms with Crippen LogP contribution in [0.3, 0.4) is 0 Å². The van der Waals surface area contributed by atoms with Gasteiger partial charge in [-0.1, -0.05) is 11.6 Å². The fraction of sp³-hybridized carbons (Fsp3) is 0.533. The summed E-state index contributed by atoms with van der Waals surface area (Å²) in [6.45, 7) is 5.08. The van der Waals surface area contributed by atoms with E-state index in [-0.39, 0.29) is 17.0 Å². The van der Waals surface area contributed by atoms with E-state index in [2.05, 4.69) is 9.46 Å². The van der Waals surface area contributed by atoms with Crippen molar-refractivity contribution in [3.63, 3.8) is 0 Å².